The molecule has 0 atom stereocenters. The second kappa shape index (κ2) is 19.3. The van der Waals surface area contributed by atoms with Crippen LogP contribution >= 0.6 is 0 Å². The quantitative estimate of drug-likeness (QED) is 0.189. The van der Waals surface area contributed by atoms with Gasteiger partial charge in [-0.25, -0.2) is 4.79 Å². The summed E-state index contributed by atoms with van der Waals surface area (Å²) in [6.07, 6.45) is -1.83. The fraction of sp³-hybridized carbons (Fsp3) is 0. The Hall–Kier alpha value is 3.28. The van der Waals surface area contributed by atoms with E-state index < -0.39 is 27.0 Å². The van der Waals surface area contributed by atoms with Gasteiger partial charge in [-0.15, -0.1) is 0 Å². The third kappa shape index (κ3) is 534. The van der Waals surface area contributed by atoms with Crippen LogP contribution in [0.3, 0.4) is 0 Å². The molecule has 0 aliphatic carbocycles. The van der Waals surface area contributed by atoms with Crippen molar-refractivity contribution in [2.24, 2.45) is 0 Å². The Morgan fingerprint density at radius 3 is 0.706 bits per heavy atom. The average Bonchev–Trinajstić information content (AvgIpc) is 1.45. The molecule has 0 bridgehead atoms. The predicted octanol–water partition coefficient (Wildman–Crippen LogP) is -3.03. The predicted molar refractivity (Wildman–Crippen MR) is 60.5 cm³/mol. The van der Waals surface area contributed by atoms with Gasteiger partial charge in [0.25, 0.3) is 0 Å². The van der Waals surface area contributed by atoms with E-state index in [2.05, 4.69) is 0 Å². The van der Waals surface area contributed by atoms with Crippen molar-refractivity contribution >= 4 is 159 Å². The summed E-state index contributed by atoms with van der Waals surface area (Å²) in [5, 5.41) is 13.9. The minimum absolute atomic E-state index is 0. The monoisotopic (exact) mass is 362 g/mol. The molecule has 0 aromatic carbocycles. The van der Waals surface area contributed by atoms with Gasteiger partial charge in [0.1, 0.15) is 0 Å². The van der Waals surface area contributed by atoms with Crippen molar-refractivity contribution in [3.05, 3.63) is 0 Å². The summed E-state index contributed by atoms with van der Waals surface area (Å²) in [4.78, 5) is 8.56. The molecule has 0 amide bonds. The van der Waals surface area contributed by atoms with Gasteiger partial charge in [0, 0.05) is 0 Å². The Bertz CT molecular complexity index is 294. The molecule has 6 N–H and O–H groups in total. The van der Waals surface area contributed by atoms with Crippen LogP contribution in [0, 0.1) is 0 Å². The molecule has 0 aliphatic rings. The van der Waals surface area contributed by atoms with E-state index in [1.165, 1.54) is 0 Å². The van der Waals surface area contributed by atoms with Crippen LogP contribution in [0.4, 0.5) is 4.79 Å². The third-order valence-electron chi connectivity index (χ3n) is 0. The van der Waals surface area contributed by atoms with Gasteiger partial charge >= 0.3 is 159 Å². The molecule has 0 rings (SSSR count). The maximum atomic E-state index is 8.74. The third-order valence-corrected chi connectivity index (χ3v) is 0. The van der Waals surface area contributed by atoms with Gasteiger partial charge in [0.2, 0.25) is 0 Å². The first-order valence-electron chi connectivity index (χ1n) is 2.05. The van der Waals surface area contributed by atoms with E-state index in [1.54, 1.807) is 0 Å². The average molecular weight is 362 g/mol. The van der Waals surface area contributed by atoms with Crippen LogP contribution in [0.15, 0.2) is 0 Å². The summed E-state index contributed by atoms with van der Waals surface area (Å²) in [5.74, 6) is 0. The fourth-order valence-corrected chi connectivity index (χ4v) is 0. The van der Waals surface area contributed by atoms with E-state index in [0.29, 0.717) is 0 Å². The Kier molecular flexibility index (Phi) is 41.9. The molecule has 11 nitrogen and oxygen atoms in total. The van der Waals surface area contributed by atoms with E-state index in [9.17, 15) is 0 Å². The van der Waals surface area contributed by atoms with E-state index in [-0.39, 0.29) is 132 Å². The molecule has 17 heavy (non-hydrogen) atoms. The first-order valence-corrected chi connectivity index (χ1v) is 4.84. The Balaban J connectivity index is -0.0000000247. The zero-order valence-electron chi connectivity index (χ0n) is 6.04. The van der Waals surface area contributed by atoms with Crippen molar-refractivity contribution in [3.63, 3.8) is 0 Å². The first kappa shape index (κ1) is 37.0. The summed E-state index contributed by atoms with van der Waals surface area (Å²) in [7, 11) is -9.33. The van der Waals surface area contributed by atoms with Crippen molar-refractivity contribution in [1.29, 1.82) is 0 Å². The molecule has 0 spiro atoms. The molecule has 0 aromatic heterocycles. The van der Waals surface area contributed by atoms with Gasteiger partial charge < -0.3 is 10.2 Å². The van der Waals surface area contributed by atoms with Crippen molar-refractivity contribution < 1.29 is 50.1 Å². The number of hydrogen-bond acceptors (Lipinski definition) is 5. The molecule has 0 aromatic rings. The van der Waals surface area contributed by atoms with Crippen LogP contribution in [0.25, 0.3) is 0 Å². The Morgan fingerprint density at radius 2 is 0.706 bits per heavy atom. The second-order valence-electron chi connectivity index (χ2n) is 1.18. The van der Waals surface area contributed by atoms with Crippen LogP contribution < -0.4 is 0 Å². The summed E-state index contributed by atoms with van der Waals surface area (Å²) in [6.45, 7) is 0. The van der Waals surface area contributed by atoms with Crippen LogP contribution in [-0.4, -0.2) is 184 Å². The van der Waals surface area contributed by atoms with Crippen molar-refractivity contribution in [3.8, 4) is 0 Å². The molecule has 94 valence electrons. The first-order chi connectivity index (χ1) is 5.73. The van der Waals surface area contributed by atoms with Crippen LogP contribution in [0.1, 0.15) is 0 Å². The van der Waals surface area contributed by atoms with Gasteiger partial charge in [-0.05, 0) is 0 Å². The number of carbonyl (C=O) groups is 1. The Morgan fingerprint density at radius 1 is 0.706 bits per heavy atom. The zero-order valence-corrected chi connectivity index (χ0v) is 7.67. The standard InChI is InChI=1S/CH2O3.2K.Na.2H2O4S.3H/c2-1(3)4;;;;2*1-5(2,3)4;;;/h(H2,2,3,4);;;;2*(H2,1,2,3,4);;;. The number of carboxylic acid groups (broad SMARTS) is 2. The summed E-state index contributed by atoms with van der Waals surface area (Å²) in [6, 6.07) is 0. The van der Waals surface area contributed by atoms with Gasteiger partial charge in [-0.3, -0.25) is 18.2 Å². The van der Waals surface area contributed by atoms with Crippen LogP contribution in [0.5, 0.6) is 0 Å². The van der Waals surface area contributed by atoms with Crippen LogP contribution in [0.2, 0.25) is 0 Å². The second-order valence-corrected chi connectivity index (χ2v) is 2.97. The molecule has 0 aliphatic heterocycles. The van der Waals surface area contributed by atoms with E-state index in [4.69, 9.17) is 50.1 Å². The van der Waals surface area contributed by atoms with Crippen LogP contribution in [-0.2, 0) is 20.8 Å². The molecule has 0 fully saturated rings. The van der Waals surface area contributed by atoms with Crippen molar-refractivity contribution in [2.75, 3.05) is 0 Å². The molecule has 0 unspecified atom stereocenters. The van der Waals surface area contributed by atoms with Gasteiger partial charge in [-0.1, -0.05) is 0 Å². The summed E-state index contributed by atoms with van der Waals surface area (Å²) in [5.41, 5.74) is 0. The summed E-state index contributed by atoms with van der Waals surface area (Å²) >= 11 is 0. The maximum absolute atomic E-state index is 8.74. The number of rotatable bonds is 0. The van der Waals surface area contributed by atoms with Crippen molar-refractivity contribution in [1.82, 2.24) is 0 Å². The van der Waals surface area contributed by atoms with E-state index in [0.717, 1.165) is 0 Å². The molecular weight excluding hydrogens is 353 g/mol. The van der Waals surface area contributed by atoms with E-state index >= 15 is 0 Å². The van der Waals surface area contributed by atoms with E-state index in [1.807, 2.05) is 0 Å². The normalized spacial score (nSPS) is 8.24. The Labute approximate surface area is 204 Å². The minimum atomic E-state index is -4.67. The van der Waals surface area contributed by atoms with Gasteiger partial charge in [-0.2, -0.15) is 16.8 Å². The molecule has 0 saturated carbocycles. The topological polar surface area (TPSA) is 207 Å². The van der Waals surface area contributed by atoms with Gasteiger partial charge in [0.05, 0.1) is 0 Å². The zero-order chi connectivity index (χ0) is 12.6. The van der Waals surface area contributed by atoms with Gasteiger partial charge in [0.15, 0.2) is 0 Å². The summed E-state index contributed by atoms with van der Waals surface area (Å²) < 4.78 is 63.2. The molecule has 0 heterocycles. The fourth-order valence-electron chi connectivity index (χ4n) is 0. The van der Waals surface area contributed by atoms with Crippen molar-refractivity contribution in [2.45, 2.75) is 0 Å². The number of hydrogen-bond donors (Lipinski definition) is 6. The molecular formula is CH9K2NaO11S2. The SMILES string of the molecule is O=C(O)O.O=S(=O)(O)O.O=S(=O)(O)O.[KH].[KH].[NaH]. The molecule has 16 heteroatoms. The molecule has 0 radical (unpaired) electrons. The molecule has 0 saturated heterocycles.